The Bertz CT molecular complexity index is 203. The van der Waals surface area contributed by atoms with Crippen LogP contribution in [-0.4, -0.2) is 37.1 Å². The van der Waals surface area contributed by atoms with Gasteiger partial charge in [-0.3, -0.25) is 0 Å². The largest absolute Gasteiger partial charge is 0.314 e. The van der Waals surface area contributed by atoms with Gasteiger partial charge in [0.2, 0.25) is 0 Å². The Hall–Kier alpha value is -0.0800. The fourth-order valence-corrected chi connectivity index (χ4v) is 3.48. The van der Waals surface area contributed by atoms with Gasteiger partial charge in [-0.1, -0.05) is 26.7 Å². The Balaban J connectivity index is 1.81. The SMILES string of the molecule is CCNC1CCCCC1CN1CCC(C)C1. The van der Waals surface area contributed by atoms with Gasteiger partial charge in [0, 0.05) is 19.1 Å². The summed E-state index contributed by atoms with van der Waals surface area (Å²) >= 11 is 0. The summed E-state index contributed by atoms with van der Waals surface area (Å²) in [5, 5.41) is 3.69. The minimum absolute atomic E-state index is 0.801. The van der Waals surface area contributed by atoms with Crippen LogP contribution in [0.5, 0.6) is 0 Å². The van der Waals surface area contributed by atoms with E-state index in [4.69, 9.17) is 0 Å². The van der Waals surface area contributed by atoms with Crippen molar-refractivity contribution < 1.29 is 0 Å². The molecule has 1 aliphatic carbocycles. The Morgan fingerprint density at radius 2 is 2.00 bits per heavy atom. The van der Waals surface area contributed by atoms with Crippen LogP contribution in [0.4, 0.5) is 0 Å². The average Bonchev–Trinajstić information content (AvgIpc) is 2.67. The molecule has 3 unspecified atom stereocenters. The minimum Gasteiger partial charge on any atom is -0.314 e. The minimum atomic E-state index is 0.801. The Labute approximate surface area is 101 Å². The average molecular weight is 224 g/mol. The summed E-state index contributed by atoms with van der Waals surface area (Å²) in [6.07, 6.45) is 7.16. The van der Waals surface area contributed by atoms with Gasteiger partial charge in [-0.2, -0.15) is 0 Å². The van der Waals surface area contributed by atoms with Gasteiger partial charge >= 0.3 is 0 Å². The lowest BCUT2D eigenvalue weighted by Gasteiger charge is -2.34. The van der Waals surface area contributed by atoms with E-state index in [1.165, 1.54) is 51.7 Å². The number of hydrogen-bond donors (Lipinski definition) is 1. The van der Waals surface area contributed by atoms with Crippen molar-refractivity contribution in [3.63, 3.8) is 0 Å². The monoisotopic (exact) mass is 224 g/mol. The second-order valence-corrected chi connectivity index (χ2v) is 5.86. The first kappa shape index (κ1) is 12.4. The Kier molecular flexibility index (Phi) is 4.66. The maximum atomic E-state index is 3.69. The molecule has 0 aromatic rings. The molecule has 0 spiro atoms. The number of likely N-dealkylation sites (tertiary alicyclic amines) is 1. The van der Waals surface area contributed by atoms with E-state index >= 15 is 0 Å². The molecule has 1 N–H and O–H groups in total. The van der Waals surface area contributed by atoms with Crippen molar-refractivity contribution >= 4 is 0 Å². The molecule has 0 amide bonds. The molecule has 2 rings (SSSR count). The molecule has 2 fully saturated rings. The summed E-state index contributed by atoms with van der Waals surface area (Å²) in [6.45, 7) is 9.80. The molecule has 2 heteroatoms. The second-order valence-electron chi connectivity index (χ2n) is 5.86. The maximum Gasteiger partial charge on any atom is 0.0107 e. The third-order valence-electron chi connectivity index (χ3n) is 4.38. The zero-order chi connectivity index (χ0) is 11.4. The lowest BCUT2D eigenvalue weighted by Crippen LogP contribution is -2.43. The highest BCUT2D eigenvalue weighted by Gasteiger charge is 2.28. The zero-order valence-corrected chi connectivity index (χ0v) is 11.0. The zero-order valence-electron chi connectivity index (χ0n) is 11.0. The van der Waals surface area contributed by atoms with Crippen molar-refractivity contribution in [3.05, 3.63) is 0 Å². The summed E-state index contributed by atoms with van der Waals surface area (Å²) < 4.78 is 0. The molecule has 94 valence electrons. The van der Waals surface area contributed by atoms with Gasteiger partial charge in [0.25, 0.3) is 0 Å². The van der Waals surface area contributed by atoms with E-state index in [2.05, 4.69) is 24.1 Å². The molecule has 0 bridgehead atoms. The van der Waals surface area contributed by atoms with Crippen molar-refractivity contribution in [1.82, 2.24) is 10.2 Å². The second kappa shape index (κ2) is 6.02. The van der Waals surface area contributed by atoms with E-state index in [1.54, 1.807) is 0 Å². The van der Waals surface area contributed by atoms with Crippen LogP contribution in [0.1, 0.15) is 46.0 Å². The van der Waals surface area contributed by atoms with Crippen molar-refractivity contribution in [2.24, 2.45) is 11.8 Å². The van der Waals surface area contributed by atoms with Crippen molar-refractivity contribution in [3.8, 4) is 0 Å². The van der Waals surface area contributed by atoms with E-state index < -0.39 is 0 Å². The van der Waals surface area contributed by atoms with Crippen LogP contribution in [0, 0.1) is 11.8 Å². The van der Waals surface area contributed by atoms with Gasteiger partial charge in [0.15, 0.2) is 0 Å². The van der Waals surface area contributed by atoms with E-state index in [-0.39, 0.29) is 0 Å². The smallest absolute Gasteiger partial charge is 0.0107 e. The van der Waals surface area contributed by atoms with Gasteiger partial charge in [0.05, 0.1) is 0 Å². The molecular formula is C14H28N2. The van der Waals surface area contributed by atoms with Crippen LogP contribution in [0.2, 0.25) is 0 Å². The predicted octanol–water partition coefficient (Wildman–Crippen LogP) is 2.50. The van der Waals surface area contributed by atoms with Crippen molar-refractivity contribution in [1.29, 1.82) is 0 Å². The molecule has 3 atom stereocenters. The fraction of sp³-hybridized carbons (Fsp3) is 1.00. The molecule has 0 radical (unpaired) electrons. The molecule has 2 nitrogen and oxygen atoms in total. The maximum absolute atomic E-state index is 3.69. The van der Waals surface area contributed by atoms with Crippen LogP contribution < -0.4 is 5.32 Å². The van der Waals surface area contributed by atoms with Crippen LogP contribution >= 0.6 is 0 Å². The summed E-state index contributed by atoms with van der Waals surface area (Å²) in [6, 6.07) is 0.801. The topological polar surface area (TPSA) is 15.3 Å². The van der Waals surface area contributed by atoms with Crippen LogP contribution in [0.15, 0.2) is 0 Å². The quantitative estimate of drug-likeness (QED) is 0.789. The van der Waals surface area contributed by atoms with Crippen molar-refractivity contribution in [2.45, 2.75) is 52.0 Å². The molecule has 1 heterocycles. The summed E-state index contributed by atoms with van der Waals surface area (Å²) in [4.78, 5) is 2.70. The normalized spacial score (nSPS) is 36.8. The van der Waals surface area contributed by atoms with Gasteiger partial charge in [-0.25, -0.2) is 0 Å². The number of nitrogens with one attached hydrogen (secondary N) is 1. The van der Waals surface area contributed by atoms with Crippen molar-refractivity contribution in [2.75, 3.05) is 26.2 Å². The lowest BCUT2D eigenvalue weighted by molar-refractivity contribution is 0.187. The number of hydrogen-bond acceptors (Lipinski definition) is 2. The molecule has 1 saturated heterocycles. The van der Waals surface area contributed by atoms with Crippen LogP contribution in [0.25, 0.3) is 0 Å². The van der Waals surface area contributed by atoms with E-state index in [9.17, 15) is 0 Å². The van der Waals surface area contributed by atoms with Crippen LogP contribution in [0.3, 0.4) is 0 Å². The standard InChI is InChI=1S/C14H28N2/c1-3-15-14-7-5-4-6-13(14)11-16-9-8-12(2)10-16/h12-15H,3-11H2,1-2H3. The lowest BCUT2D eigenvalue weighted by atomic mass is 9.84. The molecule has 1 aliphatic heterocycles. The summed E-state index contributed by atoms with van der Waals surface area (Å²) in [5.41, 5.74) is 0. The van der Waals surface area contributed by atoms with Gasteiger partial charge in [-0.15, -0.1) is 0 Å². The first-order valence-corrected chi connectivity index (χ1v) is 7.25. The number of nitrogens with zero attached hydrogens (tertiary/aromatic N) is 1. The fourth-order valence-electron chi connectivity index (χ4n) is 3.48. The first-order chi connectivity index (χ1) is 7.79. The summed E-state index contributed by atoms with van der Waals surface area (Å²) in [7, 11) is 0. The highest BCUT2D eigenvalue weighted by molar-refractivity contribution is 4.84. The Morgan fingerprint density at radius 3 is 2.69 bits per heavy atom. The molecule has 2 aliphatic rings. The van der Waals surface area contributed by atoms with Gasteiger partial charge in [0.1, 0.15) is 0 Å². The molecule has 16 heavy (non-hydrogen) atoms. The third-order valence-corrected chi connectivity index (χ3v) is 4.38. The van der Waals surface area contributed by atoms with Gasteiger partial charge in [-0.05, 0) is 44.2 Å². The third kappa shape index (κ3) is 3.21. The van der Waals surface area contributed by atoms with Gasteiger partial charge < -0.3 is 10.2 Å². The van der Waals surface area contributed by atoms with E-state index in [1.807, 2.05) is 0 Å². The van der Waals surface area contributed by atoms with Crippen LogP contribution in [-0.2, 0) is 0 Å². The predicted molar refractivity (Wildman–Crippen MR) is 69.6 cm³/mol. The van der Waals surface area contributed by atoms with E-state index in [0.717, 1.165) is 24.4 Å². The first-order valence-electron chi connectivity index (χ1n) is 7.25. The highest BCUT2D eigenvalue weighted by atomic mass is 15.1. The van der Waals surface area contributed by atoms with E-state index in [0.29, 0.717) is 0 Å². The Morgan fingerprint density at radius 1 is 1.19 bits per heavy atom. The summed E-state index contributed by atoms with van der Waals surface area (Å²) in [5.74, 6) is 1.85. The molecular weight excluding hydrogens is 196 g/mol. The number of rotatable bonds is 4. The molecule has 0 aromatic carbocycles. The molecule has 0 aromatic heterocycles. The molecule has 1 saturated carbocycles. The highest BCUT2D eigenvalue weighted by Crippen LogP contribution is 2.27.